The third kappa shape index (κ3) is 1.71. The van der Waals surface area contributed by atoms with Crippen molar-refractivity contribution in [3.05, 3.63) is 30.0 Å². The van der Waals surface area contributed by atoms with Gasteiger partial charge in [0.25, 0.3) is 10.0 Å². The molecule has 5 nitrogen and oxygen atoms in total. The van der Waals surface area contributed by atoms with Crippen LogP contribution in [0.5, 0.6) is 0 Å². The number of aryl methyl sites for hydroxylation is 1. The number of sulfonamides is 1. The Bertz CT molecular complexity index is 676. The lowest BCUT2D eigenvalue weighted by Crippen LogP contribution is -2.23. The Balaban J connectivity index is 2.90. The van der Waals surface area contributed by atoms with Crippen molar-refractivity contribution in [1.82, 2.24) is 13.7 Å². The van der Waals surface area contributed by atoms with E-state index in [0.717, 1.165) is 4.31 Å². The van der Waals surface area contributed by atoms with Gasteiger partial charge in [-0.25, -0.2) is 22.1 Å². The molecular weight excluding hydrogens is 245 g/mol. The van der Waals surface area contributed by atoms with E-state index in [1.165, 1.54) is 30.6 Å². The van der Waals surface area contributed by atoms with E-state index in [9.17, 15) is 12.8 Å². The summed E-state index contributed by atoms with van der Waals surface area (Å²) in [6.45, 7) is 1.63. The molecule has 0 radical (unpaired) electrons. The summed E-state index contributed by atoms with van der Waals surface area (Å²) in [6, 6.07) is 2.72. The maximum atomic E-state index is 13.7. The lowest BCUT2D eigenvalue weighted by atomic mass is 10.4. The van der Waals surface area contributed by atoms with Crippen LogP contribution in [0.25, 0.3) is 5.52 Å². The van der Waals surface area contributed by atoms with Crippen LogP contribution >= 0.6 is 0 Å². The molecule has 0 amide bonds. The largest absolute Gasteiger partial charge is 0.300 e. The Morgan fingerprint density at radius 2 is 2.06 bits per heavy atom. The van der Waals surface area contributed by atoms with Crippen molar-refractivity contribution < 1.29 is 12.8 Å². The molecule has 0 aromatic carbocycles. The zero-order valence-corrected chi connectivity index (χ0v) is 10.5. The van der Waals surface area contributed by atoms with Crippen molar-refractivity contribution in [3.8, 4) is 0 Å². The van der Waals surface area contributed by atoms with Crippen LogP contribution in [0.15, 0.2) is 23.4 Å². The predicted octanol–water partition coefficient (Wildman–Crippen LogP) is 1.03. The first kappa shape index (κ1) is 12.0. The normalized spacial score (nSPS) is 12.5. The molecule has 92 valence electrons. The van der Waals surface area contributed by atoms with Gasteiger partial charge in [-0.05, 0) is 19.1 Å². The van der Waals surface area contributed by atoms with Gasteiger partial charge in [0.2, 0.25) is 0 Å². The highest BCUT2D eigenvalue weighted by atomic mass is 32.2. The molecule has 0 aliphatic rings. The van der Waals surface area contributed by atoms with Crippen LogP contribution in [0.2, 0.25) is 0 Å². The number of hydrogen-bond donors (Lipinski definition) is 0. The van der Waals surface area contributed by atoms with Crippen molar-refractivity contribution >= 4 is 15.5 Å². The van der Waals surface area contributed by atoms with Gasteiger partial charge in [0.15, 0.2) is 5.03 Å². The molecule has 0 bridgehead atoms. The molecule has 0 saturated heterocycles. The van der Waals surface area contributed by atoms with Crippen molar-refractivity contribution in [1.29, 1.82) is 0 Å². The summed E-state index contributed by atoms with van der Waals surface area (Å²) >= 11 is 0. The van der Waals surface area contributed by atoms with Gasteiger partial charge in [0.05, 0.1) is 0 Å². The van der Waals surface area contributed by atoms with Gasteiger partial charge in [0.1, 0.15) is 17.2 Å². The van der Waals surface area contributed by atoms with E-state index < -0.39 is 15.8 Å². The second-order valence-electron chi connectivity index (χ2n) is 3.83. The third-order valence-corrected chi connectivity index (χ3v) is 4.22. The van der Waals surface area contributed by atoms with Gasteiger partial charge in [-0.2, -0.15) is 0 Å². The highest BCUT2D eigenvalue weighted by molar-refractivity contribution is 7.89. The van der Waals surface area contributed by atoms with Crippen LogP contribution in [0.1, 0.15) is 5.82 Å². The van der Waals surface area contributed by atoms with E-state index in [2.05, 4.69) is 4.98 Å². The minimum atomic E-state index is -3.74. The molecule has 0 unspecified atom stereocenters. The molecule has 2 aromatic rings. The van der Waals surface area contributed by atoms with Gasteiger partial charge in [-0.3, -0.25) is 0 Å². The van der Waals surface area contributed by atoms with Crippen LogP contribution in [0.4, 0.5) is 4.39 Å². The molecule has 0 aliphatic heterocycles. The summed E-state index contributed by atoms with van der Waals surface area (Å²) in [4.78, 5) is 3.94. The summed E-state index contributed by atoms with van der Waals surface area (Å²) in [5, 5.41) is -0.252. The van der Waals surface area contributed by atoms with Gasteiger partial charge in [-0.1, -0.05) is 0 Å². The number of hydrogen-bond acceptors (Lipinski definition) is 3. The summed E-state index contributed by atoms with van der Waals surface area (Å²) in [6.07, 6.45) is 1.58. The van der Waals surface area contributed by atoms with Crippen molar-refractivity contribution in [2.45, 2.75) is 11.9 Å². The molecule has 2 aromatic heterocycles. The topological polar surface area (TPSA) is 54.7 Å². The van der Waals surface area contributed by atoms with Crippen LogP contribution in [0, 0.1) is 12.7 Å². The predicted molar refractivity (Wildman–Crippen MR) is 60.8 cm³/mol. The van der Waals surface area contributed by atoms with E-state index in [0.29, 0.717) is 5.82 Å². The average molecular weight is 257 g/mol. The van der Waals surface area contributed by atoms with E-state index >= 15 is 0 Å². The average Bonchev–Trinajstić information content (AvgIpc) is 2.58. The van der Waals surface area contributed by atoms with Crippen LogP contribution in [0.3, 0.4) is 0 Å². The van der Waals surface area contributed by atoms with Gasteiger partial charge in [0, 0.05) is 20.3 Å². The van der Waals surface area contributed by atoms with Gasteiger partial charge in [-0.15, -0.1) is 0 Å². The molecule has 0 saturated carbocycles. The second-order valence-corrected chi connectivity index (χ2v) is 5.89. The van der Waals surface area contributed by atoms with E-state index in [-0.39, 0.29) is 10.5 Å². The Labute approximate surface area is 98.6 Å². The first-order valence-corrected chi connectivity index (χ1v) is 6.35. The molecule has 0 atom stereocenters. The summed E-state index contributed by atoms with van der Waals surface area (Å²) in [7, 11) is -0.973. The van der Waals surface area contributed by atoms with Crippen molar-refractivity contribution in [2.75, 3.05) is 14.1 Å². The molecule has 17 heavy (non-hydrogen) atoms. The first-order valence-electron chi connectivity index (χ1n) is 4.91. The first-order chi connectivity index (χ1) is 7.85. The standard InChI is InChI=1S/C10H12FN3O2S/c1-7-12-10(17(15,16)13(2)3)9-8(11)5-4-6-14(7)9/h4-6H,1-3H3. The van der Waals surface area contributed by atoms with Gasteiger partial charge >= 0.3 is 0 Å². The number of pyridine rings is 1. The molecule has 7 heteroatoms. The smallest absolute Gasteiger partial charge is 0.262 e. The van der Waals surface area contributed by atoms with Crippen molar-refractivity contribution in [3.63, 3.8) is 0 Å². The molecular formula is C10H12FN3O2S. The zero-order chi connectivity index (χ0) is 12.8. The molecule has 0 spiro atoms. The lowest BCUT2D eigenvalue weighted by Gasteiger charge is -2.09. The lowest BCUT2D eigenvalue weighted by molar-refractivity contribution is 0.517. The maximum Gasteiger partial charge on any atom is 0.262 e. The number of aromatic nitrogens is 2. The highest BCUT2D eigenvalue weighted by Crippen LogP contribution is 2.22. The fourth-order valence-electron chi connectivity index (χ4n) is 1.56. The Morgan fingerprint density at radius 3 is 2.65 bits per heavy atom. The number of fused-ring (bicyclic) bond motifs is 1. The van der Waals surface area contributed by atoms with Crippen LogP contribution < -0.4 is 0 Å². The third-order valence-electron chi connectivity index (χ3n) is 2.48. The van der Waals surface area contributed by atoms with Crippen LogP contribution in [-0.4, -0.2) is 36.2 Å². The minimum Gasteiger partial charge on any atom is -0.300 e. The molecule has 0 aliphatic carbocycles. The zero-order valence-electron chi connectivity index (χ0n) is 9.68. The number of imidazole rings is 1. The summed E-state index contributed by atoms with van der Waals surface area (Å²) in [5.41, 5.74) is -0.0151. The molecule has 2 rings (SSSR count). The SMILES string of the molecule is Cc1nc(S(=O)(=O)N(C)C)c2c(F)cccn12. The van der Waals surface area contributed by atoms with Crippen LogP contribution in [-0.2, 0) is 10.0 Å². The van der Waals surface area contributed by atoms with Gasteiger partial charge < -0.3 is 4.40 Å². The maximum absolute atomic E-state index is 13.7. The quantitative estimate of drug-likeness (QED) is 0.807. The minimum absolute atomic E-state index is 0.0151. The number of nitrogens with zero attached hydrogens (tertiary/aromatic N) is 3. The molecule has 0 fully saturated rings. The summed E-state index contributed by atoms with van der Waals surface area (Å²) in [5.74, 6) is -0.173. The molecule has 2 heterocycles. The monoisotopic (exact) mass is 257 g/mol. The van der Waals surface area contributed by atoms with E-state index in [1.807, 2.05) is 0 Å². The fourth-order valence-corrected chi connectivity index (χ4v) is 2.60. The number of halogens is 1. The Morgan fingerprint density at radius 1 is 1.41 bits per heavy atom. The van der Waals surface area contributed by atoms with Crippen molar-refractivity contribution in [2.24, 2.45) is 0 Å². The van der Waals surface area contributed by atoms with E-state index in [1.54, 1.807) is 13.1 Å². The fraction of sp³-hybridized carbons (Fsp3) is 0.300. The summed E-state index contributed by atoms with van der Waals surface area (Å²) < 4.78 is 40.1. The highest BCUT2D eigenvalue weighted by Gasteiger charge is 2.26. The number of rotatable bonds is 2. The second kappa shape index (κ2) is 3.78. The Kier molecular flexibility index (Phi) is 2.67. The Hall–Kier alpha value is -1.47. The van der Waals surface area contributed by atoms with E-state index in [4.69, 9.17) is 0 Å². The molecule has 0 N–H and O–H groups in total.